The Hall–Kier alpha value is -2.39. The van der Waals surface area contributed by atoms with Crippen molar-refractivity contribution in [1.82, 2.24) is 4.98 Å². The summed E-state index contributed by atoms with van der Waals surface area (Å²) >= 11 is 5.93. The van der Waals surface area contributed by atoms with Gasteiger partial charge in [0.25, 0.3) is 0 Å². The number of anilines is 1. The van der Waals surface area contributed by atoms with Crippen LogP contribution in [-0.2, 0) is 4.79 Å². The first kappa shape index (κ1) is 19.9. The van der Waals surface area contributed by atoms with Crippen LogP contribution in [0, 0.1) is 18.8 Å². The van der Waals surface area contributed by atoms with Gasteiger partial charge in [-0.2, -0.15) is 0 Å². The Morgan fingerprint density at radius 1 is 1.07 bits per heavy atom. The number of fused-ring (bicyclic) bond motifs is 1. The van der Waals surface area contributed by atoms with Gasteiger partial charge in [-0.3, -0.25) is 9.78 Å². The second-order valence-corrected chi connectivity index (χ2v) is 8.70. The molecule has 1 fully saturated rings. The van der Waals surface area contributed by atoms with Crippen molar-refractivity contribution in [3.63, 3.8) is 0 Å². The van der Waals surface area contributed by atoms with E-state index < -0.39 is 0 Å². The van der Waals surface area contributed by atoms with Gasteiger partial charge in [0, 0.05) is 27.7 Å². The molecule has 1 aromatic heterocycles. The van der Waals surface area contributed by atoms with Gasteiger partial charge in [-0.15, -0.1) is 0 Å². The van der Waals surface area contributed by atoms with Crippen LogP contribution in [0.25, 0.3) is 10.9 Å². The zero-order valence-electron chi connectivity index (χ0n) is 17.0. The third kappa shape index (κ3) is 4.45. The number of aryl methyl sites for hydroxylation is 1. The molecule has 2 aromatic carbocycles. The predicted molar refractivity (Wildman–Crippen MR) is 120 cm³/mol. The van der Waals surface area contributed by atoms with E-state index in [2.05, 4.69) is 54.5 Å². The normalized spacial score (nSPS) is 20.4. The molecule has 29 heavy (non-hydrogen) atoms. The highest BCUT2D eigenvalue weighted by Crippen LogP contribution is 2.41. The lowest BCUT2D eigenvalue weighted by molar-refractivity contribution is -0.121. The zero-order valence-corrected chi connectivity index (χ0v) is 17.7. The second kappa shape index (κ2) is 8.54. The Morgan fingerprint density at radius 3 is 2.48 bits per heavy atom. The van der Waals surface area contributed by atoms with Crippen molar-refractivity contribution in [3.05, 3.63) is 70.9 Å². The van der Waals surface area contributed by atoms with E-state index in [0.717, 1.165) is 42.6 Å². The maximum Gasteiger partial charge on any atom is 0.227 e. The summed E-state index contributed by atoms with van der Waals surface area (Å²) in [6, 6.07) is 18.0. The van der Waals surface area contributed by atoms with Gasteiger partial charge in [0.1, 0.15) is 0 Å². The molecule has 1 amide bonds. The molecule has 0 bridgehead atoms. The average molecular weight is 407 g/mol. The molecule has 4 rings (SSSR count). The Morgan fingerprint density at radius 2 is 1.76 bits per heavy atom. The topological polar surface area (TPSA) is 42.0 Å². The summed E-state index contributed by atoms with van der Waals surface area (Å²) in [5.41, 5.74) is 4.39. The third-order valence-electron chi connectivity index (χ3n) is 6.32. The van der Waals surface area contributed by atoms with Gasteiger partial charge in [0.15, 0.2) is 0 Å². The number of amides is 1. The molecular formula is C25H27ClN2O. The lowest BCUT2D eigenvalue weighted by Crippen LogP contribution is -2.29. The standard InChI is InChI=1S/C25H27ClN2O/c1-16-15-23(22-5-3-4-6-24(22)27-16)19-9-7-18(8-10-19)17(2)25(29)28-21-13-11-20(26)12-14-21/h3-6,11-15,17-19H,7-10H2,1-2H3,(H,28,29)/t17-,18-,19+/m1/s1. The number of nitrogens with zero attached hydrogens (tertiary/aromatic N) is 1. The van der Waals surface area contributed by atoms with E-state index in [0.29, 0.717) is 16.9 Å². The van der Waals surface area contributed by atoms with E-state index in [-0.39, 0.29) is 11.8 Å². The molecule has 0 radical (unpaired) electrons. The minimum Gasteiger partial charge on any atom is -0.326 e. The number of hydrogen-bond donors (Lipinski definition) is 1. The van der Waals surface area contributed by atoms with Crippen molar-refractivity contribution in [2.45, 2.75) is 45.4 Å². The summed E-state index contributed by atoms with van der Waals surface area (Å²) in [5.74, 6) is 1.07. The maximum atomic E-state index is 12.7. The number of carbonyl (C=O) groups excluding carboxylic acids is 1. The number of para-hydroxylation sites is 1. The number of rotatable bonds is 4. The van der Waals surface area contributed by atoms with Crippen LogP contribution in [0.4, 0.5) is 5.69 Å². The van der Waals surface area contributed by atoms with Crippen LogP contribution in [-0.4, -0.2) is 10.9 Å². The van der Waals surface area contributed by atoms with Crippen LogP contribution >= 0.6 is 11.6 Å². The molecule has 1 heterocycles. The molecular weight excluding hydrogens is 380 g/mol. The monoisotopic (exact) mass is 406 g/mol. The van der Waals surface area contributed by atoms with Crippen molar-refractivity contribution in [3.8, 4) is 0 Å². The van der Waals surface area contributed by atoms with Gasteiger partial charge in [-0.25, -0.2) is 0 Å². The molecule has 1 aliphatic rings. The van der Waals surface area contributed by atoms with Gasteiger partial charge in [-0.1, -0.05) is 36.7 Å². The molecule has 3 aromatic rings. The van der Waals surface area contributed by atoms with Crippen molar-refractivity contribution >= 4 is 34.1 Å². The highest BCUT2D eigenvalue weighted by molar-refractivity contribution is 6.30. The third-order valence-corrected chi connectivity index (χ3v) is 6.57. The van der Waals surface area contributed by atoms with E-state index >= 15 is 0 Å². The van der Waals surface area contributed by atoms with Crippen LogP contribution in [0.15, 0.2) is 54.6 Å². The molecule has 1 saturated carbocycles. The number of hydrogen-bond acceptors (Lipinski definition) is 2. The molecule has 3 nitrogen and oxygen atoms in total. The largest absolute Gasteiger partial charge is 0.326 e. The van der Waals surface area contributed by atoms with Gasteiger partial charge >= 0.3 is 0 Å². The second-order valence-electron chi connectivity index (χ2n) is 8.27. The van der Waals surface area contributed by atoms with Crippen LogP contribution in [0.1, 0.15) is 49.8 Å². The predicted octanol–water partition coefficient (Wildman–Crippen LogP) is 6.75. The van der Waals surface area contributed by atoms with Gasteiger partial charge in [0.2, 0.25) is 5.91 Å². The Balaban J connectivity index is 1.41. The molecule has 1 atom stereocenters. The van der Waals surface area contributed by atoms with E-state index in [4.69, 9.17) is 11.6 Å². The van der Waals surface area contributed by atoms with Crippen molar-refractivity contribution in [2.75, 3.05) is 5.32 Å². The molecule has 4 heteroatoms. The Bertz CT molecular complexity index is 1010. The first-order valence-corrected chi connectivity index (χ1v) is 10.8. The van der Waals surface area contributed by atoms with E-state index in [9.17, 15) is 4.79 Å². The molecule has 0 spiro atoms. The number of benzene rings is 2. The molecule has 1 N–H and O–H groups in total. The fourth-order valence-electron chi connectivity index (χ4n) is 4.61. The molecule has 1 aliphatic carbocycles. The van der Waals surface area contributed by atoms with E-state index in [1.54, 1.807) is 12.1 Å². The zero-order chi connectivity index (χ0) is 20.4. The van der Waals surface area contributed by atoms with Gasteiger partial charge < -0.3 is 5.32 Å². The summed E-state index contributed by atoms with van der Waals surface area (Å²) in [5, 5.41) is 4.98. The fraction of sp³-hybridized carbons (Fsp3) is 0.360. The van der Waals surface area contributed by atoms with Crippen molar-refractivity contribution in [1.29, 1.82) is 0 Å². The molecule has 150 valence electrons. The van der Waals surface area contributed by atoms with Crippen molar-refractivity contribution in [2.24, 2.45) is 11.8 Å². The van der Waals surface area contributed by atoms with Gasteiger partial charge in [-0.05, 0) is 86.4 Å². The van der Waals surface area contributed by atoms with Crippen LogP contribution < -0.4 is 5.32 Å². The lowest BCUT2D eigenvalue weighted by atomic mass is 9.73. The van der Waals surface area contributed by atoms with Gasteiger partial charge in [0.05, 0.1) is 5.52 Å². The average Bonchev–Trinajstić information content (AvgIpc) is 2.74. The van der Waals surface area contributed by atoms with E-state index in [1.165, 1.54) is 10.9 Å². The number of nitrogens with one attached hydrogen (secondary N) is 1. The maximum absolute atomic E-state index is 12.7. The van der Waals surface area contributed by atoms with Crippen LogP contribution in [0.2, 0.25) is 5.02 Å². The summed E-state index contributed by atoms with van der Waals surface area (Å²) in [6.45, 7) is 4.13. The Labute approximate surface area is 177 Å². The highest BCUT2D eigenvalue weighted by Gasteiger charge is 2.30. The molecule has 0 saturated heterocycles. The highest BCUT2D eigenvalue weighted by atomic mass is 35.5. The van der Waals surface area contributed by atoms with Crippen LogP contribution in [0.5, 0.6) is 0 Å². The van der Waals surface area contributed by atoms with Crippen LogP contribution in [0.3, 0.4) is 0 Å². The quantitative estimate of drug-likeness (QED) is 0.520. The number of carbonyl (C=O) groups is 1. The number of halogens is 1. The number of aromatic nitrogens is 1. The first-order valence-electron chi connectivity index (χ1n) is 10.4. The summed E-state index contributed by atoms with van der Waals surface area (Å²) in [7, 11) is 0. The molecule has 0 unspecified atom stereocenters. The van der Waals surface area contributed by atoms with E-state index in [1.807, 2.05) is 12.1 Å². The fourth-order valence-corrected chi connectivity index (χ4v) is 4.74. The number of pyridine rings is 1. The summed E-state index contributed by atoms with van der Waals surface area (Å²) < 4.78 is 0. The minimum atomic E-state index is 0.00236. The summed E-state index contributed by atoms with van der Waals surface area (Å²) in [4.78, 5) is 17.4. The minimum absolute atomic E-state index is 0.00236. The first-order chi connectivity index (χ1) is 14.0. The SMILES string of the molecule is Cc1cc([C@H]2CC[C@@H]([C@@H](C)C(=O)Nc3ccc(Cl)cc3)CC2)c2ccccc2n1. The van der Waals surface area contributed by atoms with Crippen molar-refractivity contribution < 1.29 is 4.79 Å². The molecule has 0 aliphatic heterocycles. The smallest absolute Gasteiger partial charge is 0.227 e. The lowest BCUT2D eigenvalue weighted by Gasteiger charge is -2.32. The summed E-state index contributed by atoms with van der Waals surface area (Å²) in [6.07, 6.45) is 4.40. The Kier molecular flexibility index (Phi) is 5.86.